The van der Waals surface area contributed by atoms with Crippen LogP contribution in [0, 0.1) is 0 Å². The molecule has 0 bridgehead atoms. The maximum atomic E-state index is 13.1. The molecule has 0 aromatic heterocycles. The summed E-state index contributed by atoms with van der Waals surface area (Å²) in [6, 6.07) is 20.8. The number of nitrogens with one attached hydrogen (secondary N) is 2. The number of sulfonamides is 1. The van der Waals surface area contributed by atoms with Gasteiger partial charge in [0.1, 0.15) is 0 Å². The van der Waals surface area contributed by atoms with E-state index in [0.717, 1.165) is 5.56 Å². The van der Waals surface area contributed by atoms with Crippen LogP contribution in [0.4, 0.5) is 17.1 Å². The first-order valence-electron chi connectivity index (χ1n) is 11.5. The monoisotopic (exact) mass is 520 g/mol. The molecule has 3 aromatic rings. The molecule has 1 heterocycles. The van der Waals surface area contributed by atoms with Crippen LogP contribution < -0.4 is 14.9 Å². The Labute approximate surface area is 216 Å². The Morgan fingerprint density at radius 1 is 0.946 bits per heavy atom. The van der Waals surface area contributed by atoms with Gasteiger partial charge in [0, 0.05) is 24.3 Å². The Bertz CT molecular complexity index is 1470. The number of likely N-dealkylation sites (N-methyl/N-ethyl adjacent to an activating group) is 1. The number of carbonyl (C=O) groups excluding carboxylic acids is 1. The number of anilines is 3. The number of hydrogen-bond donors (Lipinski definition) is 3. The fraction of sp³-hybridized carbons (Fsp3) is 0.185. The summed E-state index contributed by atoms with van der Waals surface area (Å²) in [4.78, 5) is 26.4. The lowest BCUT2D eigenvalue weighted by molar-refractivity contribution is -0.110. The zero-order valence-corrected chi connectivity index (χ0v) is 21.5. The zero-order chi connectivity index (χ0) is 26.7. The Morgan fingerprint density at radius 2 is 1.62 bits per heavy atom. The standard InChI is InChI=1S/C27H28N4O5S/c1-30(2)15-16-31(37(3,35)36)21-12-10-20(11-13-21)28-25(18-7-5-4-6-8-18)24-22-14-9-19(27(33)34)17-23(22)29-26(24)32/h4-14,17,28H,15-16H2,1-3H3,(H,29,32)(H,33,34). The molecule has 1 aliphatic rings. The molecule has 0 aliphatic carbocycles. The molecule has 9 nitrogen and oxygen atoms in total. The van der Waals surface area contributed by atoms with Crippen molar-refractivity contribution >= 4 is 50.2 Å². The number of benzene rings is 3. The molecule has 3 N–H and O–H groups in total. The summed E-state index contributed by atoms with van der Waals surface area (Å²) < 4.78 is 26.1. The van der Waals surface area contributed by atoms with Gasteiger partial charge in [0.2, 0.25) is 10.0 Å². The summed E-state index contributed by atoms with van der Waals surface area (Å²) in [7, 11) is 0.288. The molecule has 0 spiro atoms. The molecule has 0 fully saturated rings. The molecule has 4 rings (SSSR count). The van der Waals surface area contributed by atoms with Crippen molar-refractivity contribution in [2.75, 3.05) is 48.4 Å². The van der Waals surface area contributed by atoms with E-state index in [1.807, 2.05) is 49.3 Å². The van der Waals surface area contributed by atoms with Crippen LogP contribution in [-0.2, 0) is 14.8 Å². The van der Waals surface area contributed by atoms with Crippen molar-refractivity contribution in [3.8, 4) is 0 Å². The van der Waals surface area contributed by atoms with Crippen LogP contribution in [-0.4, -0.2) is 63.7 Å². The van der Waals surface area contributed by atoms with Crippen molar-refractivity contribution < 1.29 is 23.1 Å². The number of fused-ring (bicyclic) bond motifs is 1. The molecule has 0 radical (unpaired) electrons. The summed E-state index contributed by atoms with van der Waals surface area (Å²) in [6.45, 7) is 0.878. The smallest absolute Gasteiger partial charge is 0.335 e. The van der Waals surface area contributed by atoms with Crippen LogP contribution in [0.3, 0.4) is 0 Å². The van der Waals surface area contributed by atoms with E-state index in [9.17, 15) is 23.1 Å². The Balaban J connectivity index is 1.74. The van der Waals surface area contributed by atoms with Gasteiger partial charge >= 0.3 is 5.97 Å². The van der Waals surface area contributed by atoms with Crippen molar-refractivity contribution in [2.45, 2.75) is 0 Å². The fourth-order valence-electron chi connectivity index (χ4n) is 4.07. The number of nitrogens with zero attached hydrogens (tertiary/aromatic N) is 2. The SMILES string of the molecule is CN(C)CCN(c1ccc(NC(=C2C(=O)Nc3cc(C(=O)O)ccc32)c2ccccc2)cc1)S(C)(=O)=O. The number of rotatable bonds is 9. The summed E-state index contributed by atoms with van der Waals surface area (Å²) in [5, 5.41) is 15.4. The third-order valence-electron chi connectivity index (χ3n) is 5.90. The maximum absolute atomic E-state index is 13.1. The largest absolute Gasteiger partial charge is 0.478 e. The number of carboxylic acids is 1. The summed E-state index contributed by atoms with van der Waals surface area (Å²) in [5.41, 5.74) is 3.96. The Morgan fingerprint density at radius 3 is 2.22 bits per heavy atom. The van der Waals surface area contributed by atoms with Crippen LogP contribution >= 0.6 is 0 Å². The second-order valence-corrected chi connectivity index (χ2v) is 10.9. The van der Waals surface area contributed by atoms with E-state index in [4.69, 9.17) is 0 Å². The minimum Gasteiger partial charge on any atom is -0.478 e. The Hall–Kier alpha value is -4.15. The van der Waals surface area contributed by atoms with Gasteiger partial charge in [-0.1, -0.05) is 36.4 Å². The van der Waals surface area contributed by atoms with Crippen molar-refractivity contribution in [3.05, 3.63) is 89.5 Å². The summed E-state index contributed by atoms with van der Waals surface area (Å²) in [5.74, 6) is -1.43. The van der Waals surface area contributed by atoms with Gasteiger partial charge in [-0.05, 0) is 56.1 Å². The van der Waals surface area contributed by atoms with Crippen LogP contribution in [0.1, 0.15) is 21.5 Å². The van der Waals surface area contributed by atoms with Crippen LogP contribution in [0.25, 0.3) is 11.3 Å². The van der Waals surface area contributed by atoms with E-state index in [1.165, 1.54) is 22.7 Å². The van der Waals surface area contributed by atoms with Crippen molar-refractivity contribution in [3.63, 3.8) is 0 Å². The highest BCUT2D eigenvalue weighted by Gasteiger charge is 2.29. The number of hydrogen-bond acceptors (Lipinski definition) is 6. The molecule has 10 heteroatoms. The lowest BCUT2D eigenvalue weighted by atomic mass is 9.99. The highest BCUT2D eigenvalue weighted by molar-refractivity contribution is 7.92. The molecule has 37 heavy (non-hydrogen) atoms. The predicted octanol–water partition coefficient (Wildman–Crippen LogP) is 3.64. The van der Waals surface area contributed by atoms with E-state index in [-0.39, 0.29) is 11.5 Å². The molecular formula is C27H28N4O5S. The average molecular weight is 521 g/mol. The van der Waals surface area contributed by atoms with Gasteiger partial charge < -0.3 is 20.6 Å². The second-order valence-electron chi connectivity index (χ2n) is 8.95. The Kier molecular flexibility index (Phi) is 7.33. The first-order chi connectivity index (χ1) is 17.5. The third-order valence-corrected chi connectivity index (χ3v) is 7.09. The van der Waals surface area contributed by atoms with E-state index in [2.05, 4.69) is 10.6 Å². The van der Waals surface area contributed by atoms with Crippen molar-refractivity contribution in [2.24, 2.45) is 0 Å². The van der Waals surface area contributed by atoms with Gasteiger partial charge in [-0.25, -0.2) is 13.2 Å². The highest BCUT2D eigenvalue weighted by atomic mass is 32.2. The van der Waals surface area contributed by atoms with Crippen molar-refractivity contribution in [1.29, 1.82) is 0 Å². The zero-order valence-electron chi connectivity index (χ0n) is 20.7. The molecule has 192 valence electrons. The molecular weight excluding hydrogens is 492 g/mol. The van der Waals surface area contributed by atoms with E-state index < -0.39 is 16.0 Å². The number of carboxylic acid groups (broad SMARTS) is 1. The van der Waals surface area contributed by atoms with E-state index >= 15 is 0 Å². The van der Waals surface area contributed by atoms with Crippen molar-refractivity contribution in [1.82, 2.24) is 4.90 Å². The maximum Gasteiger partial charge on any atom is 0.335 e. The van der Waals surface area contributed by atoms with E-state index in [1.54, 1.807) is 30.3 Å². The van der Waals surface area contributed by atoms with Crippen LogP contribution in [0.15, 0.2) is 72.8 Å². The molecule has 0 saturated heterocycles. The molecule has 0 atom stereocenters. The number of carbonyl (C=O) groups is 2. The van der Waals surface area contributed by atoms with Crippen LogP contribution in [0.5, 0.6) is 0 Å². The summed E-state index contributed by atoms with van der Waals surface area (Å²) in [6.07, 6.45) is 1.18. The molecule has 0 unspecified atom stereocenters. The van der Waals surface area contributed by atoms with E-state index in [0.29, 0.717) is 47.0 Å². The number of amides is 1. The summed E-state index contributed by atoms with van der Waals surface area (Å²) >= 11 is 0. The van der Waals surface area contributed by atoms with Crippen LogP contribution in [0.2, 0.25) is 0 Å². The van der Waals surface area contributed by atoms with Gasteiger partial charge in [0.15, 0.2) is 0 Å². The lowest BCUT2D eigenvalue weighted by Gasteiger charge is -2.24. The molecule has 3 aromatic carbocycles. The minimum atomic E-state index is -3.47. The highest BCUT2D eigenvalue weighted by Crippen LogP contribution is 2.38. The minimum absolute atomic E-state index is 0.0785. The quantitative estimate of drug-likeness (QED) is 0.369. The van der Waals surface area contributed by atoms with Gasteiger partial charge in [-0.3, -0.25) is 9.10 Å². The first-order valence-corrected chi connectivity index (χ1v) is 13.4. The molecule has 1 amide bonds. The first kappa shape index (κ1) is 25.9. The normalized spacial score (nSPS) is 14.2. The molecule has 0 saturated carbocycles. The van der Waals surface area contributed by atoms with Gasteiger partial charge in [-0.2, -0.15) is 0 Å². The second kappa shape index (κ2) is 10.5. The average Bonchev–Trinajstić information content (AvgIpc) is 3.17. The van der Waals surface area contributed by atoms with Gasteiger partial charge in [0.05, 0.1) is 34.5 Å². The van der Waals surface area contributed by atoms with Gasteiger partial charge in [0.25, 0.3) is 5.91 Å². The molecule has 1 aliphatic heterocycles. The number of aromatic carboxylic acids is 1. The third kappa shape index (κ3) is 5.82. The lowest BCUT2D eigenvalue weighted by Crippen LogP contribution is -2.35. The fourth-order valence-corrected chi connectivity index (χ4v) is 4.99. The topological polar surface area (TPSA) is 119 Å². The predicted molar refractivity (Wildman–Crippen MR) is 146 cm³/mol. The van der Waals surface area contributed by atoms with Gasteiger partial charge in [-0.15, -0.1) is 0 Å².